The molecule has 0 saturated heterocycles. The summed E-state index contributed by atoms with van der Waals surface area (Å²) in [5.41, 5.74) is 0. The quantitative estimate of drug-likeness (QED) is 0.293. The van der Waals surface area contributed by atoms with Gasteiger partial charge in [0.25, 0.3) is 0 Å². The predicted octanol–water partition coefficient (Wildman–Crippen LogP) is 0.0658. The summed E-state index contributed by atoms with van der Waals surface area (Å²) in [6.07, 6.45) is 1.18. The number of hydrogen-bond acceptors (Lipinski definition) is 6. The van der Waals surface area contributed by atoms with Crippen LogP contribution in [0.15, 0.2) is 0 Å². The summed E-state index contributed by atoms with van der Waals surface area (Å²) in [5, 5.41) is 38.4. The molecule has 134 valence electrons. The zero-order chi connectivity index (χ0) is 17.8. The van der Waals surface area contributed by atoms with Crippen molar-refractivity contribution in [1.82, 2.24) is 5.32 Å². The van der Waals surface area contributed by atoms with Crippen LogP contribution in [0.4, 0.5) is 0 Å². The maximum atomic E-state index is 11.1. The van der Waals surface area contributed by atoms with Gasteiger partial charge < -0.3 is 25.7 Å². The van der Waals surface area contributed by atoms with Crippen LogP contribution >= 0.6 is 11.8 Å². The van der Waals surface area contributed by atoms with Crippen LogP contribution in [0.25, 0.3) is 0 Å². The number of amides is 1. The molecule has 0 heterocycles. The molecule has 3 atom stereocenters. The highest BCUT2D eigenvalue weighted by Gasteiger charge is 2.26. The summed E-state index contributed by atoms with van der Waals surface area (Å²) >= 11 is 1.02. The third-order valence-electron chi connectivity index (χ3n) is 3.12. The first-order chi connectivity index (χ1) is 10.8. The van der Waals surface area contributed by atoms with E-state index in [1.54, 1.807) is 0 Å². The Morgan fingerprint density at radius 3 is 2.26 bits per heavy atom. The summed E-state index contributed by atoms with van der Waals surface area (Å²) in [5.74, 6) is -2.81. The molecule has 0 fully saturated rings. The minimum absolute atomic E-state index is 0.0272. The highest BCUT2D eigenvalue weighted by Crippen LogP contribution is 2.23. The number of hydrogen-bond donors (Lipinski definition) is 5. The van der Waals surface area contributed by atoms with Crippen LogP contribution in [-0.4, -0.2) is 68.0 Å². The Hall–Kier alpha value is -1.32. The van der Waals surface area contributed by atoms with Crippen molar-refractivity contribution in [2.45, 2.75) is 56.4 Å². The molecule has 3 unspecified atom stereocenters. The molecule has 0 aliphatic heterocycles. The molecule has 0 rings (SSSR count). The second kappa shape index (κ2) is 12.1. The molecule has 0 aliphatic carbocycles. The van der Waals surface area contributed by atoms with Crippen LogP contribution in [0.5, 0.6) is 0 Å². The Labute approximate surface area is 139 Å². The van der Waals surface area contributed by atoms with E-state index in [4.69, 9.17) is 15.3 Å². The lowest BCUT2D eigenvalue weighted by Crippen LogP contribution is -2.42. The van der Waals surface area contributed by atoms with Gasteiger partial charge in [0.05, 0.1) is 12.5 Å². The van der Waals surface area contributed by atoms with Crippen molar-refractivity contribution in [3.8, 4) is 0 Å². The van der Waals surface area contributed by atoms with E-state index >= 15 is 0 Å². The second-order valence-electron chi connectivity index (χ2n) is 5.20. The third kappa shape index (κ3) is 10.9. The maximum absolute atomic E-state index is 11.1. The van der Waals surface area contributed by atoms with E-state index in [1.165, 1.54) is 6.92 Å². The van der Waals surface area contributed by atoms with Crippen molar-refractivity contribution in [3.05, 3.63) is 0 Å². The zero-order valence-electron chi connectivity index (χ0n) is 13.1. The molecule has 5 N–H and O–H groups in total. The topological polar surface area (TPSA) is 144 Å². The van der Waals surface area contributed by atoms with E-state index in [0.717, 1.165) is 18.2 Å². The molecule has 0 bridgehead atoms. The fraction of sp³-hybridized carbons (Fsp3) is 0.786. The number of aliphatic carboxylic acids is 2. The molecule has 0 aromatic carbocycles. The lowest BCUT2D eigenvalue weighted by molar-refractivity contribution is -0.140. The Morgan fingerprint density at radius 2 is 1.78 bits per heavy atom. The third-order valence-corrected chi connectivity index (χ3v) is 4.55. The lowest BCUT2D eigenvalue weighted by atomic mass is 10.1. The van der Waals surface area contributed by atoms with Gasteiger partial charge >= 0.3 is 11.9 Å². The lowest BCUT2D eigenvalue weighted by Gasteiger charge is -2.23. The summed E-state index contributed by atoms with van der Waals surface area (Å²) in [4.78, 5) is 32.9. The van der Waals surface area contributed by atoms with E-state index in [-0.39, 0.29) is 18.8 Å². The first kappa shape index (κ1) is 21.7. The number of aliphatic hydroxyl groups is 2. The standard InChI is InChI=1S/C14H25NO7S/c1-9(17)15-10(14(21)22)8-23-12(7-13(19)20)11(18)5-3-2-4-6-16/h10-12,16,18H,2-8H2,1H3,(H,15,17)(H,19,20)(H,21,22). The molecule has 0 saturated carbocycles. The van der Waals surface area contributed by atoms with Gasteiger partial charge in [0.2, 0.25) is 5.91 Å². The minimum Gasteiger partial charge on any atom is -0.481 e. The van der Waals surface area contributed by atoms with Gasteiger partial charge in [0, 0.05) is 24.5 Å². The molecule has 0 aliphatic rings. The van der Waals surface area contributed by atoms with Crippen molar-refractivity contribution in [2.75, 3.05) is 12.4 Å². The van der Waals surface area contributed by atoms with E-state index in [0.29, 0.717) is 19.3 Å². The van der Waals surface area contributed by atoms with Gasteiger partial charge in [-0.25, -0.2) is 4.79 Å². The predicted molar refractivity (Wildman–Crippen MR) is 85.3 cm³/mol. The summed E-state index contributed by atoms with van der Waals surface area (Å²) in [7, 11) is 0. The van der Waals surface area contributed by atoms with Crippen molar-refractivity contribution < 1.29 is 34.8 Å². The largest absolute Gasteiger partial charge is 0.481 e. The SMILES string of the molecule is CC(=O)NC(CSC(CC(=O)O)C(O)CCCCCO)C(=O)O. The molecule has 0 aromatic rings. The molecular formula is C14H25NO7S. The molecule has 0 spiro atoms. The van der Waals surface area contributed by atoms with Crippen molar-refractivity contribution in [2.24, 2.45) is 0 Å². The number of carbonyl (C=O) groups is 3. The van der Waals surface area contributed by atoms with Crippen molar-refractivity contribution >= 4 is 29.6 Å². The summed E-state index contributed by atoms with van der Waals surface area (Å²) in [6, 6.07) is -1.13. The van der Waals surface area contributed by atoms with Gasteiger partial charge in [-0.3, -0.25) is 9.59 Å². The highest BCUT2D eigenvalue weighted by molar-refractivity contribution is 8.00. The first-order valence-corrected chi connectivity index (χ1v) is 8.45. The minimum atomic E-state index is -1.21. The number of nitrogens with one attached hydrogen (secondary N) is 1. The number of rotatable bonds is 13. The first-order valence-electron chi connectivity index (χ1n) is 7.40. The van der Waals surface area contributed by atoms with E-state index in [1.807, 2.05) is 0 Å². The molecule has 8 nitrogen and oxygen atoms in total. The number of thioether (sulfide) groups is 1. The monoisotopic (exact) mass is 351 g/mol. The number of carboxylic acids is 2. The van der Waals surface area contributed by atoms with Crippen molar-refractivity contribution in [1.29, 1.82) is 0 Å². The zero-order valence-corrected chi connectivity index (χ0v) is 13.9. The van der Waals surface area contributed by atoms with Gasteiger partial charge in [-0.15, -0.1) is 0 Å². The molecule has 0 aromatic heterocycles. The van der Waals surface area contributed by atoms with Gasteiger partial charge in [-0.2, -0.15) is 11.8 Å². The summed E-state index contributed by atoms with van der Waals surface area (Å²) < 4.78 is 0. The Kier molecular flexibility index (Phi) is 11.4. The van der Waals surface area contributed by atoms with Gasteiger partial charge in [-0.05, 0) is 12.8 Å². The normalized spacial score (nSPS) is 14.7. The Balaban J connectivity index is 4.54. The Bertz CT molecular complexity index is 391. The molecule has 0 radical (unpaired) electrons. The van der Waals surface area contributed by atoms with Gasteiger partial charge in [0.15, 0.2) is 0 Å². The average molecular weight is 351 g/mol. The second-order valence-corrected chi connectivity index (χ2v) is 6.47. The molecule has 9 heteroatoms. The maximum Gasteiger partial charge on any atom is 0.327 e. The molecule has 1 amide bonds. The van der Waals surface area contributed by atoms with Crippen LogP contribution in [0, 0.1) is 0 Å². The van der Waals surface area contributed by atoms with Crippen LogP contribution in [0.2, 0.25) is 0 Å². The van der Waals surface area contributed by atoms with Crippen molar-refractivity contribution in [3.63, 3.8) is 0 Å². The van der Waals surface area contributed by atoms with Gasteiger partial charge in [-0.1, -0.05) is 12.8 Å². The fourth-order valence-corrected chi connectivity index (χ4v) is 3.23. The molecule has 23 heavy (non-hydrogen) atoms. The highest BCUT2D eigenvalue weighted by atomic mass is 32.2. The average Bonchev–Trinajstić information content (AvgIpc) is 2.45. The Morgan fingerprint density at radius 1 is 1.13 bits per heavy atom. The number of unbranched alkanes of at least 4 members (excludes halogenated alkanes) is 2. The molecular weight excluding hydrogens is 326 g/mol. The number of aliphatic hydroxyl groups excluding tert-OH is 2. The van der Waals surface area contributed by atoms with Crippen LogP contribution in [0.1, 0.15) is 39.0 Å². The smallest absolute Gasteiger partial charge is 0.327 e. The van der Waals surface area contributed by atoms with E-state index in [2.05, 4.69) is 5.32 Å². The number of carboxylic acid groups (broad SMARTS) is 2. The van der Waals surface area contributed by atoms with E-state index < -0.39 is 35.2 Å². The van der Waals surface area contributed by atoms with E-state index in [9.17, 15) is 19.5 Å². The van der Waals surface area contributed by atoms with Crippen LogP contribution < -0.4 is 5.32 Å². The number of carbonyl (C=O) groups excluding carboxylic acids is 1. The van der Waals surface area contributed by atoms with Crippen LogP contribution in [0.3, 0.4) is 0 Å². The van der Waals surface area contributed by atoms with Crippen LogP contribution in [-0.2, 0) is 14.4 Å². The fourth-order valence-electron chi connectivity index (χ4n) is 1.95. The summed E-state index contributed by atoms with van der Waals surface area (Å²) in [6.45, 7) is 1.27. The van der Waals surface area contributed by atoms with Gasteiger partial charge in [0.1, 0.15) is 6.04 Å².